The summed E-state index contributed by atoms with van der Waals surface area (Å²) in [5.41, 5.74) is 2.01. The number of nitrogens with zero attached hydrogens (tertiary/aromatic N) is 3. The molecule has 1 amide bonds. The summed E-state index contributed by atoms with van der Waals surface area (Å²) in [6.45, 7) is 6.29. The number of carbonyl (C=O) groups is 1. The Morgan fingerprint density at radius 1 is 1.29 bits per heavy atom. The molecule has 2 aliphatic rings. The Labute approximate surface area is 123 Å². The number of nitrogens with one attached hydrogen (secondary N) is 1. The van der Waals surface area contributed by atoms with Gasteiger partial charge in [0.15, 0.2) is 0 Å². The molecule has 21 heavy (non-hydrogen) atoms. The van der Waals surface area contributed by atoms with Gasteiger partial charge in [-0.2, -0.15) is 0 Å². The lowest BCUT2D eigenvalue weighted by Crippen LogP contribution is -2.34. The number of rotatable bonds is 2. The molecule has 3 heterocycles. The van der Waals surface area contributed by atoms with Gasteiger partial charge < -0.3 is 14.8 Å². The molecule has 0 saturated carbocycles. The maximum absolute atomic E-state index is 12.6. The molecule has 1 aromatic carbocycles. The van der Waals surface area contributed by atoms with Crippen molar-refractivity contribution in [3.05, 3.63) is 30.1 Å². The Morgan fingerprint density at radius 3 is 2.76 bits per heavy atom. The highest BCUT2D eigenvalue weighted by molar-refractivity contribution is 5.81. The number of hydrogen-bond acceptors (Lipinski definition) is 3. The fraction of sp³-hybridized carbons (Fsp3) is 0.500. The number of para-hydroxylation sites is 2. The van der Waals surface area contributed by atoms with Crippen LogP contribution in [0.4, 0.5) is 0 Å². The SMILES string of the molecule is Cc1nc2ccccc2n1CC(=O)N1C[C@H]2CNC[C@H]2C1. The van der Waals surface area contributed by atoms with Gasteiger partial charge in [0.05, 0.1) is 11.0 Å². The van der Waals surface area contributed by atoms with E-state index in [2.05, 4.69) is 10.3 Å². The third-order valence-electron chi connectivity index (χ3n) is 4.88. The number of carbonyl (C=O) groups excluding carboxylic acids is 1. The van der Waals surface area contributed by atoms with Crippen molar-refractivity contribution < 1.29 is 4.79 Å². The van der Waals surface area contributed by atoms with Crippen LogP contribution in [0.15, 0.2) is 24.3 Å². The van der Waals surface area contributed by atoms with Crippen LogP contribution in [0.25, 0.3) is 11.0 Å². The van der Waals surface area contributed by atoms with Crippen molar-refractivity contribution >= 4 is 16.9 Å². The monoisotopic (exact) mass is 284 g/mol. The first-order chi connectivity index (χ1) is 10.2. The van der Waals surface area contributed by atoms with Gasteiger partial charge in [-0.25, -0.2) is 4.98 Å². The lowest BCUT2D eigenvalue weighted by molar-refractivity contribution is -0.131. The van der Waals surface area contributed by atoms with E-state index in [1.807, 2.05) is 40.7 Å². The number of aromatic nitrogens is 2. The van der Waals surface area contributed by atoms with E-state index in [0.717, 1.165) is 43.0 Å². The molecule has 0 aliphatic carbocycles. The van der Waals surface area contributed by atoms with Crippen LogP contribution in [0, 0.1) is 18.8 Å². The van der Waals surface area contributed by atoms with E-state index in [-0.39, 0.29) is 5.91 Å². The van der Waals surface area contributed by atoms with Crippen molar-refractivity contribution in [2.45, 2.75) is 13.5 Å². The highest BCUT2D eigenvalue weighted by atomic mass is 16.2. The molecule has 110 valence electrons. The largest absolute Gasteiger partial charge is 0.340 e. The standard InChI is InChI=1S/C16H20N4O/c1-11-18-14-4-2-3-5-15(14)20(11)10-16(21)19-8-12-6-17-7-13(12)9-19/h2-5,12-13,17H,6-10H2,1H3/t12-,13+. The van der Waals surface area contributed by atoms with Crippen molar-refractivity contribution in [3.63, 3.8) is 0 Å². The van der Waals surface area contributed by atoms with Crippen molar-refractivity contribution in [3.8, 4) is 0 Å². The van der Waals surface area contributed by atoms with E-state index < -0.39 is 0 Å². The first kappa shape index (κ1) is 12.8. The summed E-state index contributed by atoms with van der Waals surface area (Å²) in [6, 6.07) is 8.01. The van der Waals surface area contributed by atoms with Gasteiger partial charge in [0.1, 0.15) is 12.4 Å². The Kier molecular flexibility index (Phi) is 2.96. The fourth-order valence-electron chi connectivity index (χ4n) is 3.69. The third-order valence-corrected chi connectivity index (χ3v) is 4.88. The van der Waals surface area contributed by atoms with Crippen LogP contribution < -0.4 is 5.32 Å². The summed E-state index contributed by atoms with van der Waals surface area (Å²) in [5.74, 6) is 2.42. The Hall–Kier alpha value is -1.88. The first-order valence-electron chi connectivity index (χ1n) is 7.63. The maximum atomic E-state index is 12.6. The number of benzene rings is 1. The van der Waals surface area contributed by atoms with Crippen molar-refractivity contribution in [1.82, 2.24) is 19.8 Å². The smallest absolute Gasteiger partial charge is 0.242 e. The van der Waals surface area contributed by atoms with Gasteiger partial charge in [-0.05, 0) is 30.9 Å². The van der Waals surface area contributed by atoms with E-state index in [0.29, 0.717) is 18.4 Å². The van der Waals surface area contributed by atoms with E-state index in [9.17, 15) is 4.79 Å². The normalized spacial score (nSPS) is 24.7. The van der Waals surface area contributed by atoms with Gasteiger partial charge in [-0.3, -0.25) is 4.79 Å². The molecule has 5 nitrogen and oxygen atoms in total. The fourth-order valence-corrected chi connectivity index (χ4v) is 3.69. The zero-order chi connectivity index (χ0) is 14.4. The topological polar surface area (TPSA) is 50.2 Å². The number of aryl methyl sites for hydroxylation is 1. The minimum absolute atomic E-state index is 0.218. The molecular formula is C16H20N4O. The number of fused-ring (bicyclic) bond motifs is 2. The molecule has 1 aromatic heterocycles. The molecule has 2 fully saturated rings. The van der Waals surface area contributed by atoms with Gasteiger partial charge in [0, 0.05) is 26.2 Å². The Balaban J connectivity index is 1.55. The predicted molar refractivity (Wildman–Crippen MR) is 80.9 cm³/mol. The maximum Gasteiger partial charge on any atom is 0.242 e. The molecule has 5 heteroatoms. The van der Waals surface area contributed by atoms with Crippen LogP contribution >= 0.6 is 0 Å². The summed E-state index contributed by atoms with van der Waals surface area (Å²) in [7, 11) is 0. The third kappa shape index (κ3) is 2.12. The van der Waals surface area contributed by atoms with E-state index in [1.165, 1.54) is 0 Å². The molecule has 0 spiro atoms. The highest BCUT2D eigenvalue weighted by Crippen LogP contribution is 2.26. The number of likely N-dealkylation sites (tertiary alicyclic amines) is 1. The van der Waals surface area contributed by atoms with Crippen molar-refractivity contribution in [2.24, 2.45) is 11.8 Å². The van der Waals surface area contributed by atoms with E-state index in [1.54, 1.807) is 0 Å². The minimum atomic E-state index is 0.218. The summed E-state index contributed by atoms with van der Waals surface area (Å²) in [4.78, 5) is 19.2. The van der Waals surface area contributed by atoms with Crippen LogP contribution in [0.3, 0.4) is 0 Å². The second-order valence-corrected chi connectivity index (χ2v) is 6.21. The van der Waals surface area contributed by atoms with Crippen molar-refractivity contribution in [1.29, 1.82) is 0 Å². The highest BCUT2D eigenvalue weighted by Gasteiger charge is 2.38. The van der Waals surface area contributed by atoms with Crippen LogP contribution in [0.1, 0.15) is 5.82 Å². The molecule has 0 bridgehead atoms. The summed E-state index contributed by atoms with van der Waals surface area (Å²) < 4.78 is 2.03. The molecular weight excluding hydrogens is 264 g/mol. The molecule has 4 rings (SSSR count). The molecule has 2 aromatic rings. The van der Waals surface area contributed by atoms with Gasteiger partial charge >= 0.3 is 0 Å². The Morgan fingerprint density at radius 2 is 2.00 bits per heavy atom. The van der Waals surface area contributed by atoms with Crippen molar-refractivity contribution in [2.75, 3.05) is 26.2 Å². The predicted octanol–water partition coefficient (Wildman–Crippen LogP) is 1.02. The lowest BCUT2D eigenvalue weighted by Gasteiger charge is -2.18. The zero-order valence-corrected chi connectivity index (χ0v) is 12.2. The lowest BCUT2D eigenvalue weighted by atomic mass is 10.0. The molecule has 0 unspecified atom stereocenters. The minimum Gasteiger partial charge on any atom is -0.340 e. The number of imidazole rings is 1. The summed E-state index contributed by atoms with van der Waals surface area (Å²) >= 11 is 0. The van der Waals surface area contributed by atoms with Gasteiger partial charge in [-0.15, -0.1) is 0 Å². The zero-order valence-electron chi connectivity index (χ0n) is 12.2. The molecule has 2 atom stereocenters. The van der Waals surface area contributed by atoms with E-state index in [4.69, 9.17) is 0 Å². The number of amides is 1. The second kappa shape index (κ2) is 4.84. The summed E-state index contributed by atoms with van der Waals surface area (Å²) in [6.07, 6.45) is 0. The second-order valence-electron chi connectivity index (χ2n) is 6.21. The van der Waals surface area contributed by atoms with E-state index >= 15 is 0 Å². The van der Waals surface area contributed by atoms with Crippen LogP contribution in [0.5, 0.6) is 0 Å². The number of hydrogen-bond donors (Lipinski definition) is 1. The summed E-state index contributed by atoms with van der Waals surface area (Å²) in [5, 5.41) is 3.41. The quantitative estimate of drug-likeness (QED) is 0.896. The van der Waals surface area contributed by atoms with Crippen LogP contribution in [-0.2, 0) is 11.3 Å². The average molecular weight is 284 g/mol. The Bertz CT molecular complexity index is 681. The molecule has 1 N–H and O–H groups in total. The van der Waals surface area contributed by atoms with Crippen LogP contribution in [0.2, 0.25) is 0 Å². The average Bonchev–Trinajstić information content (AvgIpc) is 3.12. The van der Waals surface area contributed by atoms with Gasteiger partial charge in [0.2, 0.25) is 5.91 Å². The molecule has 0 radical (unpaired) electrons. The molecule has 2 saturated heterocycles. The van der Waals surface area contributed by atoms with Gasteiger partial charge in [0.25, 0.3) is 0 Å². The van der Waals surface area contributed by atoms with Crippen LogP contribution in [-0.4, -0.2) is 46.5 Å². The van der Waals surface area contributed by atoms with Gasteiger partial charge in [-0.1, -0.05) is 12.1 Å². The first-order valence-corrected chi connectivity index (χ1v) is 7.63. The molecule has 2 aliphatic heterocycles.